The van der Waals surface area contributed by atoms with Crippen LogP contribution in [0.3, 0.4) is 0 Å². The second-order valence-corrected chi connectivity index (χ2v) is 13.4. The van der Waals surface area contributed by atoms with Crippen molar-refractivity contribution in [3.63, 3.8) is 0 Å². The van der Waals surface area contributed by atoms with Crippen LogP contribution in [-0.4, -0.2) is 89.3 Å². The number of piperazine rings is 1. The van der Waals surface area contributed by atoms with Crippen LogP contribution < -0.4 is 15.8 Å². The zero-order valence-corrected chi connectivity index (χ0v) is 29.0. The quantitative estimate of drug-likeness (QED) is 0.264. The summed E-state index contributed by atoms with van der Waals surface area (Å²) in [5, 5.41) is 17.4. The van der Waals surface area contributed by atoms with Crippen molar-refractivity contribution < 1.29 is 37.0 Å². The van der Waals surface area contributed by atoms with Crippen LogP contribution in [0.4, 0.5) is 28.9 Å². The smallest absolute Gasteiger partial charge is 0.416 e. The third-order valence-corrected chi connectivity index (χ3v) is 10.2. The van der Waals surface area contributed by atoms with E-state index in [4.69, 9.17) is 9.72 Å². The molecule has 1 spiro atoms. The lowest BCUT2D eigenvalue weighted by Gasteiger charge is -2.36. The fraction of sp³-hybridized carbons (Fsp3) is 0.457. The second kappa shape index (κ2) is 13.9. The highest BCUT2D eigenvalue weighted by atomic mass is 19.4. The van der Waals surface area contributed by atoms with Gasteiger partial charge in [0, 0.05) is 32.8 Å². The van der Waals surface area contributed by atoms with Crippen LogP contribution >= 0.6 is 0 Å². The molecule has 18 heteroatoms. The van der Waals surface area contributed by atoms with Gasteiger partial charge >= 0.3 is 6.18 Å². The Hall–Kier alpha value is -5.39. The highest BCUT2D eigenvalue weighted by molar-refractivity contribution is 5.95. The van der Waals surface area contributed by atoms with Crippen LogP contribution in [0.1, 0.15) is 72.3 Å². The van der Waals surface area contributed by atoms with Gasteiger partial charge < -0.3 is 29.5 Å². The fourth-order valence-electron chi connectivity index (χ4n) is 7.29. The van der Waals surface area contributed by atoms with Crippen molar-refractivity contribution in [2.24, 2.45) is 0 Å². The molecule has 7 rings (SSSR count). The van der Waals surface area contributed by atoms with Crippen LogP contribution in [0, 0.1) is 12.7 Å². The summed E-state index contributed by atoms with van der Waals surface area (Å²) in [5.41, 5.74) is -0.733. The summed E-state index contributed by atoms with van der Waals surface area (Å²) in [5.74, 6) is -2.45. The van der Waals surface area contributed by atoms with Gasteiger partial charge in [0.05, 0.1) is 28.2 Å². The van der Waals surface area contributed by atoms with Gasteiger partial charge in [0.2, 0.25) is 11.7 Å². The minimum atomic E-state index is -4.77. The molecule has 4 aromatic rings. The molecule has 1 aliphatic carbocycles. The van der Waals surface area contributed by atoms with E-state index in [0.29, 0.717) is 43.1 Å². The molecule has 1 atom stereocenters. The first-order chi connectivity index (χ1) is 25.3. The predicted octanol–water partition coefficient (Wildman–Crippen LogP) is 4.13. The number of aromatic hydroxyl groups is 1. The van der Waals surface area contributed by atoms with Gasteiger partial charge in [-0.15, -0.1) is 5.10 Å². The zero-order chi connectivity index (χ0) is 37.7. The van der Waals surface area contributed by atoms with E-state index in [-0.39, 0.29) is 66.8 Å². The van der Waals surface area contributed by atoms with Crippen molar-refractivity contribution in [2.75, 3.05) is 43.0 Å². The van der Waals surface area contributed by atoms with E-state index in [9.17, 15) is 37.1 Å². The van der Waals surface area contributed by atoms with Crippen LogP contribution in [0.15, 0.2) is 35.4 Å². The Labute approximate surface area is 300 Å². The number of amides is 2. The number of halogens is 4. The summed E-state index contributed by atoms with van der Waals surface area (Å²) in [7, 11) is 0. The summed E-state index contributed by atoms with van der Waals surface area (Å²) in [4.78, 5) is 56.9. The molecule has 2 amide bonds. The molecule has 0 bridgehead atoms. The number of aromatic nitrogens is 6. The molecule has 2 N–H and O–H groups in total. The van der Waals surface area contributed by atoms with Crippen molar-refractivity contribution in [1.29, 1.82) is 0 Å². The third-order valence-electron chi connectivity index (χ3n) is 10.2. The number of hydrogen-bond acceptors (Lipinski definition) is 10. The van der Waals surface area contributed by atoms with Crippen molar-refractivity contribution >= 4 is 34.5 Å². The van der Waals surface area contributed by atoms with Crippen LogP contribution in [0.5, 0.6) is 5.75 Å². The van der Waals surface area contributed by atoms with Gasteiger partial charge in [0.25, 0.3) is 11.5 Å². The Kier molecular flexibility index (Phi) is 9.42. The predicted molar refractivity (Wildman–Crippen MR) is 183 cm³/mol. The van der Waals surface area contributed by atoms with E-state index in [0.717, 1.165) is 35.4 Å². The van der Waals surface area contributed by atoms with Gasteiger partial charge in [-0.05, 0) is 69.2 Å². The number of anilines is 2. The van der Waals surface area contributed by atoms with E-state index in [1.165, 1.54) is 15.8 Å². The number of hydrogen-bond donors (Lipinski definition) is 2. The molecule has 0 radical (unpaired) electrons. The van der Waals surface area contributed by atoms with Gasteiger partial charge in [-0.3, -0.25) is 14.4 Å². The number of carbonyl (C=O) groups is 2. The van der Waals surface area contributed by atoms with Crippen LogP contribution in [-0.2, 0) is 28.7 Å². The Morgan fingerprint density at radius 1 is 1.11 bits per heavy atom. The first-order valence-corrected chi connectivity index (χ1v) is 17.4. The molecule has 0 saturated carbocycles. The maximum absolute atomic E-state index is 14.7. The van der Waals surface area contributed by atoms with Gasteiger partial charge in [-0.2, -0.15) is 22.7 Å². The number of aryl methyl sites for hydroxylation is 1. The molecule has 5 heterocycles. The maximum atomic E-state index is 14.7. The fourth-order valence-corrected chi connectivity index (χ4v) is 7.29. The van der Waals surface area contributed by atoms with E-state index in [1.54, 1.807) is 18.7 Å². The van der Waals surface area contributed by atoms with Crippen LogP contribution in [0.2, 0.25) is 0 Å². The summed E-state index contributed by atoms with van der Waals surface area (Å²) >= 11 is 0. The summed E-state index contributed by atoms with van der Waals surface area (Å²) < 4.78 is 62.8. The molecule has 2 fully saturated rings. The number of nitrogens with zero attached hydrogens (tertiary/aromatic N) is 8. The minimum absolute atomic E-state index is 0.0652. The number of ether oxygens (including phenoxy) is 1. The summed E-state index contributed by atoms with van der Waals surface area (Å²) in [6, 6.07) is 1.83. The first kappa shape index (κ1) is 36.0. The number of benzene rings is 1. The maximum Gasteiger partial charge on any atom is 0.416 e. The molecule has 3 aliphatic rings. The largest absolute Gasteiger partial charge is 0.504 e. The normalized spacial score (nSPS) is 19.2. The Bertz CT molecular complexity index is 2180. The molecule has 3 aromatic heterocycles. The third kappa shape index (κ3) is 6.82. The number of alkyl halides is 3. The van der Waals surface area contributed by atoms with Crippen molar-refractivity contribution in [1.82, 2.24) is 34.0 Å². The molecule has 1 unspecified atom stereocenters. The zero-order valence-electron chi connectivity index (χ0n) is 29.0. The highest BCUT2D eigenvalue weighted by Gasteiger charge is 2.37. The molecule has 1 aromatic carbocycles. The molecule has 280 valence electrons. The first-order valence-electron chi connectivity index (χ1n) is 17.4. The highest BCUT2D eigenvalue weighted by Crippen LogP contribution is 2.40. The van der Waals surface area contributed by atoms with Crippen molar-refractivity contribution in [2.45, 2.75) is 70.7 Å². The van der Waals surface area contributed by atoms with Gasteiger partial charge in [0.15, 0.2) is 17.3 Å². The number of rotatable bonds is 7. The average Bonchev–Trinajstić information content (AvgIpc) is 3.79. The van der Waals surface area contributed by atoms with E-state index in [2.05, 4.69) is 20.4 Å². The van der Waals surface area contributed by atoms with E-state index >= 15 is 0 Å². The molecular weight excluding hydrogens is 702 g/mol. The van der Waals surface area contributed by atoms with Crippen molar-refractivity contribution in [3.8, 4) is 5.75 Å². The van der Waals surface area contributed by atoms with E-state index < -0.39 is 47.2 Å². The summed E-state index contributed by atoms with van der Waals surface area (Å²) in [6.45, 7) is 4.36. The lowest BCUT2D eigenvalue weighted by Crippen LogP contribution is -2.51. The average molecular weight is 740 g/mol. The molecular formula is C35H37F4N9O5. The topological polar surface area (TPSA) is 160 Å². The van der Waals surface area contributed by atoms with Gasteiger partial charge in [-0.25, -0.2) is 14.4 Å². The Morgan fingerprint density at radius 3 is 2.53 bits per heavy atom. The number of nitrogens with one attached hydrogen (secondary N) is 1. The molecule has 53 heavy (non-hydrogen) atoms. The Balaban J connectivity index is 1.23. The number of allylic oxidation sites excluding steroid dienone is 1. The van der Waals surface area contributed by atoms with Crippen LogP contribution in [0.25, 0.3) is 11.4 Å². The SMILES string of the molecule is CCc1c(N2CCN(C(=O)c3ncnc(C)c3O)CC2)c(=O)n2nc(C3=CCC4(CCCO4)CC3)nc2n1CC(=O)Nc1ccc(C(F)(F)F)cc1F. The second-order valence-electron chi connectivity index (χ2n) is 13.4. The standard InChI is InChI=1S/C35H37F4N9O5/c1-3-25-28(45-12-14-46(15-13-45)31(51)27-29(50)20(2)40-19-41-27)32(52)48-33(43-30(44-48)21-7-10-34(11-8-21)9-4-16-53-34)47(25)18-26(49)42-24-6-5-22(17-23(24)36)35(37,38)39/h5-7,17,19,50H,3-4,8-16,18H2,1-2H3,(H,42,49). The molecule has 2 aliphatic heterocycles. The Morgan fingerprint density at radius 2 is 1.89 bits per heavy atom. The van der Waals surface area contributed by atoms with Gasteiger partial charge in [0.1, 0.15) is 24.4 Å². The lowest BCUT2D eigenvalue weighted by molar-refractivity contribution is -0.137. The van der Waals surface area contributed by atoms with Crippen molar-refractivity contribution in [3.05, 3.63) is 75.2 Å². The summed E-state index contributed by atoms with van der Waals surface area (Å²) in [6.07, 6.45) is 2.69. The number of carbonyl (C=O) groups excluding carboxylic acids is 2. The monoisotopic (exact) mass is 739 g/mol. The van der Waals surface area contributed by atoms with E-state index in [1.807, 2.05) is 6.08 Å². The lowest BCUT2D eigenvalue weighted by atomic mass is 9.83. The van der Waals surface area contributed by atoms with Gasteiger partial charge in [-0.1, -0.05) is 13.0 Å². The number of fused-ring (bicyclic) bond motifs is 1. The molecule has 2 saturated heterocycles. The minimum Gasteiger partial charge on any atom is -0.504 e. The molecule has 14 nitrogen and oxygen atoms in total.